The van der Waals surface area contributed by atoms with Gasteiger partial charge < -0.3 is 15.2 Å². The number of aryl methyl sites for hydroxylation is 1. The van der Waals surface area contributed by atoms with Crippen molar-refractivity contribution in [3.63, 3.8) is 0 Å². The van der Waals surface area contributed by atoms with Gasteiger partial charge in [-0.05, 0) is 32.1 Å². The van der Waals surface area contributed by atoms with Gasteiger partial charge in [-0.25, -0.2) is 0 Å². The molecule has 0 atom stereocenters. The van der Waals surface area contributed by atoms with E-state index in [0.717, 1.165) is 6.42 Å². The van der Waals surface area contributed by atoms with Gasteiger partial charge in [0.1, 0.15) is 11.2 Å². The Kier molecular flexibility index (Phi) is 4.11. The van der Waals surface area contributed by atoms with Crippen LogP contribution in [0.25, 0.3) is 0 Å². The molecule has 1 saturated carbocycles. The maximum Gasteiger partial charge on any atom is 0.241 e. The van der Waals surface area contributed by atoms with E-state index in [-0.39, 0.29) is 11.8 Å². The van der Waals surface area contributed by atoms with Crippen LogP contribution >= 0.6 is 0 Å². The maximum absolute atomic E-state index is 12.2. The van der Waals surface area contributed by atoms with Crippen molar-refractivity contribution in [3.8, 4) is 0 Å². The topological polar surface area (TPSA) is 84.2 Å². The average Bonchev–Trinajstić information content (AvgIpc) is 3.09. The van der Waals surface area contributed by atoms with Crippen molar-refractivity contribution in [2.45, 2.75) is 40.0 Å². The third kappa shape index (κ3) is 3.18. The number of rotatable bonds is 6. The van der Waals surface area contributed by atoms with E-state index in [2.05, 4.69) is 29.6 Å². The first-order valence-corrected chi connectivity index (χ1v) is 6.97. The quantitative estimate of drug-likeness (QED) is 0.778. The number of amides is 2. The minimum Gasteiger partial charge on any atom is -0.360 e. The van der Waals surface area contributed by atoms with Crippen LogP contribution in [0.4, 0.5) is 5.82 Å². The van der Waals surface area contributed by atoms with E-state index in [1.165, 1.54) is 0 Å². The van der Waals surface area contributed by atoms with Gasteiger partial charge in [0.05, 0.1) is 0 Å². The molecule has 0 spiro atoms. The molecule has 0 saturated heterocycles. The molecule has 20 heavy (non-hydrogen) atoms. The Morgan fingerprint density at radius 3 is 2.60 bits per heavy atom. The molecule has 0 aliphatic heterocycles. The molecular weight excluding hydrogens is 258 g/mol. The van der Waals surface area contributed by atoms with E-state index in [1.807, 2.05) is 0 Å². The lowest BCUT2D eigenvalue weighted by Crippen LogP contribution is -2.40. The van der Waals surface area contributed by atoms with Gasteiger partial charge in [-0.1, -0.05) is 19.0 Å². The second-order valence-electron chi connectivity index (χ2n) is 5.80. The van der Waals surface area contributed by atoms with Crippen molar-refractivity contribution >= 4 is 17.6 Å². The Morgan fingerprint density at radius 2 is 2.10 bits per heavy atom. The van der Waals surface area contributed by atoms with Crippen LogP contribution in [-0.2, 0) is 9.59 Å². The minimum absolute atomic E-state index is 0.184. The van der Waals surface area contributed by atoms with Crippen LogP contribution in [0.3, 0.4) is 0 Å². The highest BCUT2D eigenvalue weighted by molar-refractivity contribution is 6.12. The van der Waals surface area contributed by atoms with Crippen molar-refractivity contribution in [1.82, 2.24) is 10.5 Å². The molecule has 0 aromatic carbocycles. The second kappa shape index (κ2) is 5.64. The van der Waals surface area contributed by atoms with Gasteiger partial charge in [0, 0.05) is 12.6 Å². The Balaban J connectivity index is 1.89. The van der Waals surface area contributed by atoms with E-state index in [4.69, 9.17) is 4.52 Å². The van der Waals surface area contributed by atoms with Gasteiger partial charge in [0.15, 0.2) is 5.82 Å². The summed E-state index contributed by atoms with van der Waals surface area (Å²) in [5.74, 6) is 1.02. The second-order valence-corrected chi connectivity index (χ2v) is 5.80. The van der Waals surface area contributed by atoms with Gasteiger partial charge in [-0.2, -0.15) is 0 Å². The molecule has 1 aromatic heterocycles. The first kappa shape index (κ1) is 14.6. The van der Waals surface area contributed by atoms with Crippen LogP contribution in [0.15, 0.2) is 10.6 Å². The summed E-state index contributed by atoms with van der Waals surface area (Å²) >= 11 is 0. The smallest absolute Gasteiger partial charge is 0.241 e. The first-order chi connectivity index (χ1) is 9.44. The summed E-state index contributed by atoms with van der Waals surface area (Å²) in [6.07, 6.45) is 2.08. The summed E-state index contributed by atoms with van der Waals surface area (Å²) in [7, 11) is 0. The third-order valence-electron chi connectivity index (χ3n) is 3.50. The van der Waals surface area contributed by atoms with Gasteiger partial charge in [0.2, 0.25) is 11.8 Å². The monoisotopic (exact) mass is 279 g/mol. The van der Waals surface area contributed by atoms with Crippen molar-refractivity contribution in [2.75, 3.05) is 11.9 Å². The fraction of sp³-hybridized carbons (Fsp3) is 0.643. The molecule has 1 aliphatic carbocycles. The van der Waals surface area contributed by atoms with Crippen LogP contribution in [0.5, 0.6) is 0 Å². The van der Waals surface area contributed by atoms with Gasteiger partial charge in [0.25, 0.3) is 0 Å². The molecule has 0 unspecified atom stereocenters. The standard InChI is InChI=1S/C14H21N3O3/c1-9(2)4-7-15-12(18)14(5-6-14)13(19)16-11-8-10(3)20-17-11/h8-9H,4-7H2,1-3H3,(H,15,18)(H,16,17,19). The molecular formula is C14H21N3O3. The number of hydrogen-bond acceptors (Lipinski definition) is 4. The lowest BCUT2D eigenvalue weighted by molar-refractivity contribution is -0.134. The van der Waals surface area contributed by atoms with Crippen LogP contribution in [0.1, 0.15) is 38.9 Å². The number of carbonyl (C=O) groups is 2. The Bertz CT molecular complexity index is 504. The van der Waals surface area contributed by atoms with E-state index >= 15 is 0 Å². The van der Waals surface area contributed by atoms with Crippen LogP contribution in [0, 0.1) is 18.3 Å². The van der Waals surface area contributed by atoms with E-state index in [0.29, 0.717) is 36.9 Å². The molecule has 1 heterocycles. The lowest BCUT2D eigenvalue weighted by atomic mass is 10.0. The fourth-order valence-corrected chi connectivity index (χ4v) is 1.99. The van der Waals surface area contributed by atoms with Crippen LogP contribution in [-0.4, -0.2) is 23.5 Å². The Hall–Kier alpha value is -1.85. The summed E-state index contributed by atoms with van der Waals surface area (Å²) in [6.45, 7) is 6.54. The molecule has 2 N–H and O–H groups in total. The normalized spacial score (nSPS) is 16.0. The average molecular weight is 279 g/mol. The largest absolute Gasteiger partial charge is 0.360 e. The van der Waals surface area contributed by atoms with Crippen molar-refractivity contribution in [3.05, 3.63) is 11.8 Å². The number of nitrogens with one attached hydrogen (secondary N) is 2. The fourth-order valence-electron chi connectivity index (χ4n) is 1.99. The molecule has 2 amide bonds. The van der Waals surface area contributed by atoms with Crippen LogP contribution < -0.4 is 10.6 Å². The summed E-state index contributed by atoms with van der Waals surface area (Å²) in [4.78, 5) is 24.3. The van der Waals surface area contributed by atoms with Gasteiger partial charge >= 0.3 is 0 Å². The zero-order chi connectivity index (χ0) is 14.8. The van der Waals surface area contributed by atoms with Gasteiger partial charge in [-0.3, -0.25) is 9.59 Å². The Labute approximate surface area is 118 Å². The van der Waals surface area contributed by atoms with Crippen molar-refractivity contribution < 1.29 is 14.1 Å². The number of hydrogen-bond donors (Lipinski definition) is 2. The van der Waals surface area contributed by atoms with Gasteiger partial charge in [-0.15, -0.1) is 0 Å². The third-order valence-corrected chi connectivity index (χ3v) is 3.50. The molecule has 1 aromatic rings. The van der Waals surface area contributed by atoms with Crippen molar-refractivity contribution in [2.24, 2.45) is 11.3 Å². The SMILES string of the molecule is Cc1cc(NC(=O)C2(C(=O)NCCC(C)C)CC2)no1. The molecule has 6 nitrogen and oxygen atoms in total. The predicted molar refractivity (Wildman–Crippen MR) is 74.0 cm³/mol. The summed E-state index contributed by atoms with van der Waals surface area (Å²) in [6, 6.07) is 1.63. The van der Waals surface area contributed by atoms with E-state index in [1.54, 1.807) is 13.0 Å². The van der Waals surface area contributed by atoms with E-state index < -0.39 is 5.41 Å². The summed E-state index contributed by atoms with van der Waals surface area (Å²) in [5.41, 5.74) is -0.913. The summed E-state index contributed by atoms with van der Waals surface area (Å²) in [5, 5.41) is 9.19. The minimum atomic E-state index is -0.913. The zero-order valence-corrected chi connectivity index (χ0v) is 12.2. The molecule has 6 heteroatoms. The zero-order valence-electron chi connectivity index (χ0n) is 12.2. The van der Waals surface area contributed by atoms with Crippen molar-refractivity contribution in [1.29, 1.82) is 0 Å². The first-order valence-electron chi connectivity index (χ1n) is 6.97. The highest BCUT2D eigenvalue weighted by Crippen LogP contribution is 2.46. The molecule has 0 bridgehead atoms. The van der Waals surface area contributed by atoms with E-state index in [9.17, 15) is 9.59 Å². The molecule has 110 valence electrons. The van der Waals surface area contributed by atoms with Crippen LogP contribution in [0.2, 0.25) is 0 Å². The number of nitrogens with zero attached hydrogens (tertiary/aromatic N) is 1. The number of aromatic nitrogens is 1. The highest BCUT2D eigenvalue weighted by Gasteiger charge is 2.56. The molecule has 1 fully saturated rings. The maximum atomic E-state index is 12.2. The Morgan fingerprint density at radius 1 is 1.40 bits per heavy atom. The predicted octanol–water partition coefficient (Wildman–Crippen LogP) is 1.86. The summed E-state index contributed by atoms with van der Waals surface area (Å²) < 4.78 is 4.88. The highest BCUT2D eigenvalue weighted by atomic mass is 16.5. The molecule has 1 aliphatic rings. The molecule has 0 radical (unpaired) electrons. The molecule has 2 rings (SSSR count). The number of anilines is 1. The lowest BCUT2D eigenvalue weighted by Gasteiger charge is -2.14. The number of carbonyl (C=O) groups excluding carboxylic acids is 2.